The van der Waals surface area contributed by atoms with Crippen molar-refractivity contribution < 1.29 is 19.1 Å². The van der Waals surface area contributed by atoms with Crippen molar-refractivity contribution in [1.29, 1.82) is 0 Å². The molecule has 0 aromatic heterocycles. The molecule has 2 aliphatic rings. The molecule has 1 aromatic rings. The lowest BCUT2D eigenvalue weighted by molar-refractivity contribution is -0.146. The predicted octanol–water partition coefficient (Wildman–Crippen LogP) is 2.38. The van der Waals surface area contributed by atoms with E-state index in [0.717, 1.165) is 24.8 Å². The standard InChI is InChI=1S/C17H21NO4/c1-17(6-3-7-17)16(20)18-8-9-22-14-10-12(15(19)21-2)4-5-13(14)11-18/h4-5,10H,3,6-9,11H2,1-2H3. The van der Waals surface area contributed by atoms with E-state index in [1.165, 1.54) is 7.11 Å². The van der Waals surface area contributed by atoms with Crippen molar-refractivity contribution >= 4 is 11.9 Å². The summed E-state index contributed by atoms with van der Waals surface area (Å²) in [5, 5.41) is 0. The third-order valence-corrected chi connectivity index (χ3v) is 4.73. The molecule has 5 heteroatoms. The van der Waals surface area contributed by atoms with Crippen LogP contribution in [0.25, 0.3) is 0 Å². The topological polar surface area (TPSA) is 55.8 Å². The number of carbonyl (C=O) groups excluding carboxylic acids is 2. The predicted molar refractivity (Wildman–Crippen MR) is 80.7 cm³/mol. The number of hydrogen-bond donors (Lipinski definition) is 0. The zero-order chi connectivity index (χ0) is 15.7. The lowest BCUT2D eigenvalue weighted by Gasteiger charge is -2.40. The number of amides is 1. The van der Waals surface area contributed by atoms with E-state index in [-0.39, 0.29) is 17.3 Å². The van der Waals surface area contributed by atoms with Crippen molar-refractivity contribution in [3.8, 4) is 5.75 Å². The summed E-state index contributed by atoms with van der Waals surface area (Å²) in [5.41, 5.74) is 1.20. The van der Waals surface area contributed by atoms with Crippen LogP contribution in [-0.4, -0.2) is 37.0 Å². The second kappa shape index (κ2) is 5.63. The van der Waals surface area contributed by atoms with Crippen LogP contribution in [0.4, 0.5) is 0 Å². The summed E-state index contributed by atoms with van der Waals surface area (Å²) in [6, 6.07) is 5.25. The van der Waals surface area contributed by atoms with Crippen molar-refractivity contribution in [3.05, 3.63) is 29.3 Å². The third-order valence-electron chi connectivity index (χ3n) is 4.73. The number of carbonyl (C=O) groups is 2. The molecule has 0 saturated heterocycles. The van der Waals surface area contributed by atoms with Gasteiger partial charge in [-0.25, -0.2) is 4.79 Å². The molecule has 1 aliphatic carbocycles. The summed E-state index contributed by atoms with van der Waals surface area (Å²) in [4.78, 5) is 26.2. The second-order valence-corrected chi connectivity index (χ2v) is 6.30. The van der Waals surface area contributed by atoms with Gasteiger partial charge in [-0.2, -0.15) is 0 Å². The van der Waals surface area contributed by atoms with Gasteiger partial charge in [0.05, 0.1) is 19.2 Å². The molecule has 1 fully saturated rings. The van der Waals surface area contributed by atoms with E-state index in [2.05, 4.69) is 0 Å². The van der Waals surface area contributed by atoms with E-state index in [4.69, 9.17) is 9.47 Å². The zero-order valence-corrected chi connectivity index (χ0v) is 13.1. The van der Waals surface area contributed by atoms with Crippen LogP contribution in [0, 0.1) is 5.41 Å². The Morgan fingerprint density at radius 1 is 1.32 bits per heavy atom. The van der Waals surface area contributed by atoms with Crippen LogP contribution in [-0.2, 0) is 16.1 Å². The highest BCUT2D eigenvalue weighted by Gasteiger charge is 2.42. The van der Waals surface area contributed by atoms with Gasteiger partial charge in [-0.3, -0.25) is 4.79 Å². The van der Waals surface area contributed by atoms with Crippen molar-refractivity contribution in [3.63, 3.8) is 0 Å². The lowest BCUT2D eigenvalue weighted by Crippen LogP contribution is -2.46. The van der Waals surface area contributed by atoms with E-state index in [1.54, 1.807) is 12.1 Å². The molecule has 1 heterocycles. The Kier molecular flexibility index (Phi) is 3.81. The highest BCUT2D eigenvalue weighted by molar-refractivity contribution is 5.90. The number of rotatable bonds is 2. The van der Waals surface area contributed by atoms with Gasteiger partial charge >= 0.3 is 5.97 Å². The van der Waals surface area contributed by atoms with E-state index < -0.39 is 0 Å². The van der Waals surface area contributed by atoms with Gasteiger partial charge in [-0.1, -0.05) is 19.4 Å². The molecule has 0 spiro atoms. The number of nitrogens with zero attached hydrogens (tertiary/aromatic N) is 1. The fourth-order valence-electron chi connectivity index (χ4n) is 3.09. The maximum absolute atomic E-state index is 12.7. The Balaban J connectivity index is 1.81. The minimum Gasteiger partial charge on any atom is -0.491 e. The molecule has 0 radical (unpaired) electrons. The van der Waals surface area contributed by atoms with Crippen molar-refractivity contribution in [2.45, 2.75) is 32.7 Å². The number of benzene rings is 1. The third kappa shape index (κ3) is 2.56. The average molecular weight is 303 g/mol. The monoisotopic (exact) mass is 303 g/mol. The molecule has 0 unspecified atom stereocenters. The summed E-state index contributed by atoms with van der Waals surface area (Å²) in [7, 11) is 1.36. The Bertz CT molecular complexity index is 607. The average Bonchev–Trinajstić information content (AvgIpc) is 2.72. The maximum Gasteiger partial charge on any atom is 0.337 e. The second-order valence-electron chi connectivity index (χ2n) is 6.30. The van der Waals surface area contributed by atoms with E-state index in [1.807, 2.05) is 17.9 Å². The quantitative estimate of drug-likeness (QED) is 0.787. The summed E-state index contributed by atoms with van der Waals surface area (Å²) in [6.07, 6.45) is 3.07. The molecule has 0 N–H and O–H groups in total. The summed E-state index contributed by atoms with van der Waals surface area (Å²) < 4.78 is 10.5. The molecule has 22 heavy (non-hydrogen) atoms. The molecular weight excluding hydrogens is 282 g/mol. The lowest BCUT2D eigenvalue weighted by atomic mass is 9.69. The van der Waals surface area contributed by atoms with Crippen LogP contribution < -0.4 is 4.74 Å². The molecule has 1 saturated carbocycles. The number of ether oxygens (including phenoxy) is 2. The fraction of sp³-hybridized carbons (Fsp3) is 0.529. The van der Waals surface area contributed by atoms with Crippen LogP contribution >= 0.6 is 0 Å². The minimum atomic E-state index is -0.384. The van der Waals surface area contributed by atoms with Gasteiger partial charge in [0.2, 0.25) is 5.91 Å². The fourth-order valence-corrected chi connectivity index (χ4v) is 3.09. The molecule has 118 valence electrons. The Morgan fingerprint density at radius 2 is 2.09 bits per heavy atom. The van der Waals surface area contributed by atoms with E-state index >= 15 is 0 Å². The first-order valence-electron chi connectivity index (χ1n) is 7.67. The first-order chi connectivity index (χ1) is 10.5. The summed E-state index contributed by atoms with van der Waals surface area (Å²) >= 11 is 0. The number of esters is 1. The Labute approximate surface area is 130 Å². The SMILES string of the molecule is COC(=O)c1ccc2c(c1)OCCN(C(=O)C1(C)CCC1)C2. The van der Waals surface area contributed by atoms with E-state index in [9.17, 15) is 9.59 Å². The minimum absolute atomic E-state index is 0.198. The molecule has 5 nitrogen and oxygen atoms in total. The van der Waals surface area contributed by atoms with Gasteiger partial charge in [0.25, 0.3) is 0 Å². The van der Waals surface area contributed by atoms with Gasteiger partial charge in [-0.05, 0) is 25.0 Å². The van der Waals surface area contributed by atoms with Gasteiger partial charge in [0.15, 0.2) is 0 Å². The number of fused-ring (bicyclic) bond motifs is 1. The van der Waals surface area contributed by atoms with Gasteiger partial charge in [0.1, 0.15) is 12.4 Å². The van der Waals surface area contributed by atoms with Gasteiger partial charge in [0, 0.05) is 17.5 Å². The number of methoxy groups -OCH3 is 1. The molecular formula is C17H21NO4. The van der Waals surface area contributed by atoms with E-state index in [0.29, 0.717) is 31.0 Å². The largest absolute Gasteiger partial charge is 0.491 e. The van der Waals surface area contributed by atoms with Crippen LogP contribution in [0.5, 0.6) is 5.75 Å². The summed E-state index contributed by atoms with van der Waals surface area (Å²) in [6.45, 7) is 3.60. The first-order valence-corrected chi connectivity index (χ1v) is 7.67. The maximum atomic E-state index is 12.7. The van der Waals surface area contributed by atoms with Crippen LogP contribution in [0.2, 0.25) is 0 Å². The first kappa shape index (κ1) is 14.9. The zero-order valence-electron chi connectivity index (χ0n) is 13.1. The molecule has 1 aliphatic heterocycles. The van der Waals surface area contributed by atoms with Gasteiger partial charge < -0.3 is 14.4 Å². The summed E-state index contributed by atoms with van der Waals surface area (Å²) in [5.74, 6) is 0.495. The van der Waals surface area contributed by atoms with Crippen LogP contribution in [0.1, 0.15) is 42.1 Å². The van der Waals surface area contributed by atoms with Crippen molar-refractivity contribution in [2.24, 2.45) is 5.41 Å². The van der Waals surface area contributed by atoms with Crippen molar-refractivity contribution in [1.82, 2.24) is 4.90 Å². The Hall–Kier alpha value is -2.04. The van der Waals surface area contributed by atoms with Crippen LogP contribution in [0.3, 0.4) is 0 Å². The molecule has 0 atom stereocenters. The van der Waals surface area contributed by atoms with Crippen LogP contribution in [0.15, 0.2) is 18.2 Å². The molecule has 3 rings (SSSR count). The molecule has 0 bridgehead atoms. The highest BCUT2D eigenvalue weighted by Crippen LogP contribution is 2.42. The molecule has 1 amide bonds. The van der Waals surface area contributed by atoms with Gasteiger partial charge in [-0.15, -0.1) is 0 Å². The number of hydrogen-bond acceptors (Lipinski definition) is 4. The van der Waals surface area contributed by atoms with Crippen molar-refractivity contribution in [2.75, 3.05) is 20.3 Å². The Morgan fingerprint density at radius 3 is 2.73 bits per heavy atom. The normalized spacial score (nSPS) is 19.3. The molecule has 1 aromatic carbocycles. The highest BCUT2D eigenvalue weighted by atomic mass is 16.5. The smallest absolute Gasteiger partial charge is 0.337 e.